The van der Waals surface area contributed by atoms with Gasteiger partial charge in [-0.3, -0.25) is 0 Å². The van der Waals surface area contributed by atoms with Gasteiger partial charge < -0.3 is 10.1 Å². The average molecular weight is 391 g/mol. The molecule has 0 fully saturated rings. The molecule has 0 heterocycles. The Hall–Kier alpha value is -0.320. The second kappa shape index (κ2) is 8.77. The molecule has 0 aliphatic rings. The van der Waals surface area contributed by atoms with Crippen LogP contribution in [0.1, 0.15) is 26.3 Å². The zero-order valence-corrected chi connectivity index (χ0v) is 14.8. The molecule has 0 saturated heterocycles. The number of halogens is 2. The first kappa shape index (κ1) is 16.7. The third-order valence-corrected chi connectivity index (χ3v) is 3.48. The first-order valence-corrected chi connectivity index (χ1v) is 8.12. The van der Waals surface area contributed by atoms with Gasteiger partial charge in [0.05, 0.1) is 11.1 Å². The molecule has 0 aliphatic carbocycles. The van der Waals surface area contributed by atoms with Crippen molar-refractivity contribution in [3.8, 4) is 5.75 Å². The summed E-state index contributed by atoms with van der Waals surface area (Å²) in [5.41, 5.74) is 1.08. The summed E-state index contributed by atoms with van der Waals surface area (Å²) in [4.78, 5) is 0. The molecule has 0 saturated carbocycles. The molecule has 0 spiro atoms. The molecule has 0 bridgehead atoms. The van der Waals surface area contributed by atoms with Gasteiger partial charge in [0.1, 0.15) is 5.75 Å². The van der Waals surface area contributed by atoms with Crippen molar-refractivity contribution in [1.29, 1.82) is 0 Å². The fourth-order valence-corrected chi connectivity index (χ4v) is 3.01. The summed E-state index contributed by atoms with van der Waals surface area (Å²) in [6.45, 7) is 8.96. The lowest BCUT2D eigenvalue weighted by atomic mass is 10.2. The van der Waals surface area contributed by atoms with Gasteiger partial charge in [-0.2, -0.15) is 0 Å². The van der Waals surface area contributed by atoms with E-state index in [1.807, 2.05) is 13.0 Å². The van der Waals surface area contributed by atoms with E-state index in [9.17, 15) is 0 Å². The molecule has 0 atom stereocenters. The molecule has 0 radical (unpaired) electrons. The van der Waals surface area contributed by atoms with E-state index in [4.69, 9.17) is 4.74 Å². The van der Waals surface area contributed by atoms with E-state index in [2.05, 4.69) is 69.2 Å². The van der Waals surface area contributed by atoms with Gasteiger partial charge in [0.25, 0.3) is 0 Å². The highest BCUT2D eigenvalue weighted by atomic mass is 79.9. The van der Waals surface area contributed by atoms with E-state index in [0.29, 0.717) is 12.5 Å². The molecule has 1 aromatic rings. The van der Waals surface area contributed by atoms with Crippen LogP contribution in [0.4, 0.5) is 0 Å². The zero-order valence-electron chi connectivity index (χ0n) is 11.7. The maximum atomic E-state index is 5.68. The lowest BCUT2D eigenvalue weighted by Gasteiger charge is -2.10. The summed E-state index contributed by atoms with van der Waals surface area (Å²) in [7, 11) is 0. The summed E-state index contributed by atoms with van der Waals surface area (Å²) in [6, 6.07) is 4.06. The minimum atomic E-state index is 0.659. The van der Waals surface area contributed by atoms with Crippen molar-refractivity contribution in [1.82, 2.24) is 5.32 Å². The van der Waals surface area contributed by atoms with Crippen molar-refractivity contribution in [2.24, 2.45) is 5.92 Å². The fraction of sp³-hybridized carbons (Fsp3) is 0.467. The largest absolute Gasteiger partial charge is 0.492 e. The predicted molar refractivity (Wildman–Crippen MR) is 89.8 cm³/mol. The number of hydrogen-bond acceptors (Lipinski definition) is 2. The quantitative estimate of drug-likeness (QED) is 0.670. The van der Waals surface area contributed by atoms with Crippen LogP contribution in [0.2, 0.25) is 0 Å². The van der Waals surface area contributed by atoms with Crippen LogP contribution in [-0.4, -0.2) is 19.7 Å². The van der Waals surface area contributed by atoms with Crippen molar-refractivity contribution in [3.05, 3.63) is 32.7 Å². The number of rotatable bonds is 7. The molecule has 1 aromatic carbocycles. The summed E-state index contributed by atoms with van der Waals surface area (Å²) in [6.07, 6.45) is 4.22. The van der Waals surface area contributed by atoms with E-state index in [-0.39, 0.29) is 0 Å². The molecule has 0 unspecified atom stereocenters. The number of benzene rings is 1. The van der Waals surface area contributed by atoms with Crippen LogP contribution in [-0.2, 0) is 0 Å². The molecule has 0 aliphatic heterocycles. The van der Waals surface area contributed by atoms with Gasteiger partial charge >= 0.3 is 0 Å². The van der Waals surface area contributed by atoms with E-state index < -0.39 is 0 Å². The number of hydrogen-bond donors (Lipinski definition) is 1. The smallest absolute Gasteiger partial charge is 0.140 e. The molecule has 0 aromatic heterocycles. The molecule has 106 valence electrons. The molecule has 0 amide bonds. The van der Waals surface area contributed by atoms with Crippen LogP contribution < -0.4 is 10.1 Å². The van der Waals surface area contributed by atoms with Gasteiger partial charge in [-0.05, 0) is 47.4 Å². The first-order valence-electron chi connectivity index (χ1n) is 6.53. The predicted octanol–water partition coefficient (Wildman–Crippen LogP) is 4.87. The van der Waals surface area contributed by atoms with Crippen LogP contribution in [0.25, 0.3) is 6.08 Å². The van der Waals surface area contributed by atoms with Gasteiger partial charge in [0.15, 0.2) is 0 Å². The molecule has 19 heavy (non-hydrogen) atoms. The maximum Gasteiger partial charge on any atom is 0.140 e. The van der Waals surface area contributed by atoms with Gasteiger partial charge in [-0.1, -0.05) is 41.9 Å². The molecule has 4 heteroatoms. The number of nitrogens with one attached hydrogen (secondary N) is 1. The highest BCUT2D eigenvalue weighted by Gasteiger charge is 2.07. The van der Waals surface area contributed by atoms with Crippen LogP contribution >= 0.6 is 31.9 Å². The summed E-state index contributed by atoms with van der Waals surface area (Å²) >= 11 is 7.04. The Kier molecular flexibility index (Phi) is 7.73. The Morgan fingerprint density at radius 1 is 1.32 bits per heavy atom. The maximum absolute atomic E-state index is 5.68. The second-order valence-corrected chi connectivity index (χ2v) is 6.46. The lowest BCUT2D eigenvalue weighted by molar-refractivity contribution is 0.337. The van der Waals surface area contributed by atoms with Crippen LogP contribution in [0, 0.1) is 5.92 Å². The van der Waals surface area contributed by atoms with Gasteiger partial charge in [-0.15, -0.1) is 0 Å². The highest BCUT2D eigenvalue weighted by molar-refractivity contribution is 9.11. The first-order chi connectivity index (χ1) is 9.04. The lowest BCUT2D eigenvalue weighted by Crippen LogP contribution is -2.19. The standard InChI is InChI=1S/C15H21Br2NO/c1-4-19-15-12(8-13(16)9-14(15)17)6-5-7-18-10-11(2)3/h5-6,8-9,11,18H,4,7,10H2,1-3H3. The van der Waals surface area contributed by atoms with E-state index in [1.165, 1.54) is 0 Å². The minimum Gasteiger partial charge on any atom is -0.492 e. The second-order valence-electron chi connectivity index (χ2n) is 4.69. The normalized spacial score (nSPS) is 11.5. The Balaban J connectivity index is 2.72. The van der Waals surface area contributed by atoms with Gasteiger partial charge in [0, 0.05) is 16.6 Å². The third kappa shape index (κ3) is 6.11. The monoisotopic (exact) mass is 389 g/mol. The summed E-state index contributed by atoms with van der Waals surface area (Å²) < 4.78 is 7.69. The Morgan fingerprint density at radius 3 is 2.68 bits per heavy atom. The number of ether oxygens (including phenoxy) is 1. The average Bonchev–Trinajstić information content (AvgIpc) is 2.32. The summed E-state index contributed by atoms with van der Waals surface area (Å²) in [5, 5.41) is 3.38. The molecule has 2 nitrogen and oxygen atoms in total. The topological polar surface area (TPSA) is 21.3 Å². The molecular formula is C15H21Br2NO. The van der Waals surface area contributed by atoms with Crippen molar-refractivity contribution in [2.75, 3.05) is 19.7 Å². The van der Waals surface area contributed by atoms with E-state index >= 15 is 0 Å². The van der Waals surface area contributed by atoms with Crippen LogP contribution in [0.3, 0.4) is 0 Å². The zero-order chi connectivity index (χ0) is 14.3. The van der Waals surface area contributed by atoms with Crippen LogP contribution in [0.15, 0.2) is 27.2 Å². The Morgan fingerprint density at radius 2 is 2.05 bits per heavy atom. The Bertz CT molecular complexity index is 430. The molecular weight excluding hydrogens is 370 g/mol. The summed E-state index contributed by atoms with van der Waals surface area (Å²) in [5.74, 6) is 1.57. The molecule has 1 rings (SSSR count). The van der Waals surface area contributed by atoms with E-state index in [0.717, 1.165) is 33.3 Å². The molecule has 1 N–H and O–H groups in total. The van der Waals surface area contributed by atoms with Gasteiger partial charge in [-0.25, -0.2) is 0 Å². The highest BCUT2D eigenvalue weighted by Crippen LogP contribution is 2.33. The SMILES string of the molecule is CCOc1c(Br)cc(Br)cc1C=CCNCC(C)C. The van der Waals surface area contributed by atoms with Crippen molar-refractivity contribution in [2.45, 2.75) is 20.8 Å². The van der Waals surface area contributed by atoms with Crippen molar-refractivity contribution < 1.29 is 4.74 Å². The van der Waals surface area contributed by atoms with E-state index in [1.54, 1.807) is 0 Å². The van der Waals surface area contributed by atoms with Crippen molar-refractivity contribution in [3.63, 3.8) is 0 Å². The Labute approximate surface area is 132 Å². The van der Waals surface area contributed by atoms with Crippen molar-refractivity contribution >= 4 is 37.9 Å². The fourth-order valence-electron chi connectivity index (χ4n) is 1.64. The third-order valence-electron chi connectivity index (χ3n) is 2.44. The van der Waals surface area contributed by atoms with Gasteiger partial charge in [0.2, 0.25) is 0 Å². The van der Waals surface area contributed by atoms with Crippen LogP contribution in [0.5, 0.6) is 5.75 Å². The minimum absolute atomic E-state index is 0.659.